The highest BCUT2D eigenvalue weighted by Gasteiger charge is 2.09. The van der Waals surface area contributed by atoms with Crippen molar-refractivity contribution in [3.8, 4) is 11.3 Å². The molecule has 0 amide bonds. The topological polar surface area (TPSA) is 110 Å². The molecule has 0 unspecified atom stereocenters. The molecular weight excluding hydrogens is 420 g/mol. The van der Waals surface area contributed by atoms with Crippen LogP contribution in [0.5, 0.6) is 0 Å². The van der Waals surface area contributed by atoms with Crippen LogP contribution in [0.1, 0.15) is 31.1 Å². The zero-order valence-electron chi connectivity index (χ0n) is 16.5. The number of furan rings is 1. The molecule has 0 atom stereocenters. The molecule has 0 aliphatic heterocycles. The molecule has 0 saturated heterocycles. The Hall–Kier alpha value is -3.01. The minimum Gasteiger partial charge on any atom is -0.455 e. The van der Waals surface area contributed by atoms with Gasteiger partial charge in [0, 0.05) is 11.3 Å². The van der Waals surface area contributed by atoms with Crippen LogP contribution in [-0.4, -0.2) is 19.7 Å². The zero-order chi connectivity index (χ0) is 21.7. The monoisotopic (exact) mass is 442 g/mol. The van der Waals surface area contributed by atoms with E-state index in [2.05, 4.69) is 41.8 Å². The Balaban J connectivity index is 1.57. The van der Waals surface area contributed by atoms with Crippen molar-refractivity contribution in [2.45, 2.75) is 24.7 Å². The van der Waals surface area contributed by atoms with Gasteiger partial charge < -0.3 is 9.73 Å². The van der Waals surface area contributed by atoms with E-state index in [4.69, 9.17) is 21.8 Å². The van der Waals surface area contributed by atoms with E-state index >= 15 is 0 Å². The number of hydrazone groups is 1. The lowest BCUT2D eigenvalue weighted by Crippen LogP contribution is -2.23. The maximum absolute atomic E-state index is 11.3. The van der Waals surface area contributed by atoms with E-state index in [0.717, 1.165) is 11.3 Å². The van der Waals surface area contributed by atoms with Crippen molar-refractivity contribution in [1.29, 1.82) is 0 Å². The number of nitrogens with zero attached hydrogens (tertiary/aromatic N) is 1. The molecule has 2 aromatic carbocycles. The standard InChI is InChI=1S/C21H22N4O3S2/c1-14(2)15-3-7-17(8-4-15)24-21(29)25-23-13-18-9-12-20(28-18)16-5-10-19(11-6-16)30(22,26)27/h3-14H,1-2H3,(H2,22,26,27)(H2,24,25,29)/b23-13+. The number of hydrogen-bond acceptors (Lipinski definition) is 5. The molecule has 30 heavy (non-hydrogen) atoms. The molecule has 1 aromatic heterocycles. The normalized spacial score (nSPS) is 11.7. The van der Waals surface area contributed by atoms with Crippen LogP contribution >= 0.6 is 12.2 Å². The van der Waals surface area contributed by atoms with E-state index in [1.807, 2.05) is 12.1 Å². The number of sulfonamides is 1. The molecule has 0 saturated carbocycles. The van der Waals surface area contributed by atoms with E-state index in [1.165, 1.54) is 23.9 Å². The molecule has 3 aromatic rings. The maximum atomic E-state index is 11.3. The maximum Gasteiger partial charge on any atom is 0.238 e. The van der Waals surface area contributed by atoms with Crippen LogP contribution in [0.2, 0.25) is 0 Å². The fourth-order valence-corrected chi connectivity index (χ4v) is 3.34. The van der Waals surface area contributed by atoms with Crippen molar-refractivity contribution in [2.24, 2.45) is 10.2 Å². The smallest absolute Gasteiger partial charge is 0.238 e. The number of thiocarbonyl (C=S) groups is 1. The molecule has 0 aliphatic carbocycles. The van der Waals surface area contributed by atoms with Crippen molar-refractivity contribution < 1.29 is 12.8 Å². The lowest BCUT2D eigenvalue weighted by Gasteiger charge is -2.09. The average Bonchev–Trinajstić information content (AvgIpc) is 3.17. The van der Waals surface area contributed by atoms with Gasteiger partial charge in [0.2, 0.25) is 10.0 Å². The van der Waals surface area contributed by atoms with Gasteiger partial charge in [0.1, 0.15) is 11.5 Å². The first-order valence-corrected chi connectivity index (χ1v) is 11.1. The number of primary sulfonamides is 1. The van der Waals surface area contributed by atoms with Crippen molar-refractivity contribution in [3.05, 3.63) is 72.0 Å². The lowest BCUT2D eigenvalue weighted by atomic mass is 10.0. The van der Waals surface area contributed by atoms with Crippen LogP contribution in [0.4, 0.5) is 5.69 Å². The summed E-state index contributed by atoms with van der Waals surface area (Å²) in [5, 5.41) is 12.6. The average molecular weight is 443 g/mol. The van der Waals surface area contributed by atoms with Gasteiger partial charge in [-0.15, -0.1) is 0 Å². The van der Waals surface area contributed by atoms with Crippen LogP contribution in [0, 0.1) is 0 Å². The molecule has 0 bridgehead atoms. The molecule has 156 valence electrons. The van der Waals surface area contributed by atoms with Gasteiger partial charge in [-0.25, -0.2) is 13.6 Å². The summed E-state index contributed by atoms with van der Waals surface area (Å²) < 4.78 is 28.4. The van der Waals surface area contributed by atoms with E-state index in [-0.39, 0.29) is 4.90 Å². The van der Waals surface area contributed by atoms with E-state index in [0.29, 0.717) is 22.6 Å². The summed E-state index contributed by atoms with van der Waals surface area (Å²) in [6.45, 7) is 4.28. The number of benzene rings is 2. The lowest BCUT2D eigenvalue weighted by molar-refractivity contribution is 0.574. The third-order valence-electron chi connectivity index (χ3n) is 4.29. The summed E-state index contributed by atoms with van der Waals surface area (Å²) in [6.07, 6.45) is 1.50. The molecule has 1 heterocycles. The molecule has 0 radical (unpaired) electrons. The van der Waals surface area contributed by atoms with Gasteiger partial charge >= 0.3 is 0 Å². The van der Waals surface area contributed by atoms with Crippen LogP contribution in [-0.2, 0) is 10.0 Å². The van der Waals surface area contributed by atoms with Gasteiger partial charge in [-0.3, -0.25) is 5.43 Å². The van der Waals surface area contributed by atoms with Gasteiger partial charge in [0.05, 0.1) is 11.1 Å². The fraction of sp³-hybridized carbons (Fsp3) is 0.143. The Labute approximate surface area is 181 Å². The highest BCUT2D eigenvalue weighted by Crippen LogP contribution is 2.23. The Morgan fingerprint density at radius 2 is 1.73 bits per heavy atom. The Bertz CT molecular complexity index is 1150. The predicted molar refractivity (Wildman–Crippen MR) is 123 cm³/mol. The number of anilines is 1. The van der Waals surface area contributed by atoms with Gasteiger partial charge in [-0.2, -0.15) is 5.10 Å². The van der Waals surface area contributed by atoms with Crippen molar-refractivity contribution in [1.82, 2.24) is 5.43 Å². The fourth-order valence-electron chi connectivity index (χ4n) is 2.65. The van der Waals surface area contributed by atoms with Crippen LogP contribution in [0.3, 0.4) is 0 Å². The highest BCUT2D eigenvalue weighted by atomic mass is 32.2. The first-order chi connectivity index (χ1) is 14.2. The Morgan fingerprint density at radius 3 is 2.33 bits per heavy atom. The number of nitrogens with one attached hydrogen (secondary N) is 2. The number of rotatable bonds is 6. The second kappa shape index (κ2) is 9.21. The largest absolute Gasteiger partial charge is 0.455 e. The van der Waals surface area contributed by atoms with Gasteiger partial charge in [0.15, 0.2) is 5.11 Å². The van der Waals surface area contributed by atoms with Crippen molar-refractivity contribution in [2.75, 3.05) is 5.32 Å². The van der Waals surface area contributed by atoms with E-state index in [9.17, 15) is 8.42 Å². The quantitative estimate of drug-likeness (QED) is 0.302. The summed E-state index contributed by atoms with van der Waals surface area (Å²) >= 11 is 5.23. The molecular formula is C21H22N4O3S2. The molecule has 0 spiro atoms. The summed E-state index contributed by atoms with van der Waals surface area (Å²) in [7, 11) is -3.72. The third kappa shape index (κ3) is 5.76. The first-order valence-electron chi connectivity index (χ1n) is 9.15. The third-order valence-corrected chi connectivity index (χ3v) is 5.41. The minimum absolute atomic E-state index is 0.0450. The second-order valence-electron chi connectivity index (χ2n) is 6.87. The minimum atomic E-state index is -3.72. The number of hydrogen-bond donors (Lipinski definition) is 3. The SMILES string of the molecule is CC(C)c1ccc(NC(=S)N/N=C/c2ccc(-c3ccc(S(N)(=O)=O)cc3)o2)cc1. The van der Waals surface area contributed by atoms with E-state index in [1.54, 1.807) is 24.3 Å². The summed E-state index contributed by atoms with van der Waals surface area (Å²) in [5.74, 6) is 1.55. The van der Waals surface area contributed by atoms with Gasteiger partial charge in [0.25, 0.3) is 0 Å². The van der Waals surface area contributed by atoms with Crippen molar-refractivity contribution >= 4 is 39.3 Å². The first kappa shape index (κ1) is 21.7. The summed E-state index contributed by atoms with van der Waals surface area (Å²) in [6, 6.07) is 17.7. The molecule has 0 fully saturated rings. The highest BCUT2D eigenvalue weighted by molar-refractivity contribution is 7.89. The van der Waals surface area contributed by atoms with Gasteiger partial charge in [-0.1, -0.05) is 26.0 Å². The molecule has 4 N–H and O–H groups in total. The Kier molecular flexibility index (Phi) is 6.66. The molecule has 3 rings (SSSR count). The van der Waals surface area contributed by atoms with Crippen LogP contribution in [0.25, 0.3) is 11.3 Å². The number of nitrogens with two attached hydrogens (primary N) is 1. The molecule has 9 heteroatoms. The molecule has 0 aliphatic rings. The zero-order valence-corrected chi connectivity index (χ0v) is 18.1. The Morgan fingerprint density at radius 1 is 1.07 bits per heavy atom. The predicted octanol–water partition coefficient (Wildman–Crippen LogP) is 4.04. The molecule has 7 nitrogen and oxygen atoms in total. The second-order valence-corrected chi connectivity index (χ2v) is 8.84. The van der Waals surface area contributed by atoms with E-state index < -0.39 is 10.0 Å². The van der Waals surface area contributed by atoms with Crippen LogP contribution < -0.4 is 15.9 Å². The van der Waals surface area contributed by atoms with Gasteiger partial charge in [-0.05, 0) is 72.2 Å². The van der Waals surface area contributed by atoms with Crippen LogP contribution in [0.15, 0.2) is 75.1 Å². The summed E-state index contributed by atoms with van der Waals surface area (Å²) in [5.41, 5.74) is 5.58. The summed E-state index contributed by atoms with van der Waals surface area (Å²) in [4.78, 5) is 0.0450. The van der Waals surface area contributed by atoms with Crippen molar-refractivity contribution in [3.63, 3.8) is 0 Å².